The molecule has 0 radical (unpaired) electrons. The highest BCUT2D eigenvalue weighted by molar-refractivity contribution is 5.52. The van der Waals surface area contributed by atoms with Crippen molar-refractivity contribution in [3.05, 3.63) is 57.6 Å². The lowest BCUT2D eigenvalue weighted by Gasteiger charge is -1.91. The fraction of sp³-hybridized carbons (Fsp3) is 0. The number of nitrogens with zero attached hydrogens (tertiary/aromatic N) is 2. The standard InChI is InChI=1S/C9H6N2O2/c1-10-7-6-8-2-4-9(5-3-8)11(12)13/h2-7H/b7-6+. The van der Waals surface area contributed by atoms with Crippen molar-refractivity contribution in [2.45, 2.75) is 0 Å². The van der Waals surface area contributed by atoms with Crippen LogP contribution in [0.1, 0.15) is 5.56 Å². The second kappa shape index (κ2) is 4.02. The normalized spacial score (nSPS) is 9.77. The summed E-state index contributed by atoms with van der Waals surface area (Å²) in [5, 5.41) is 10.3. The number of benzene rings is 1. The molecule has 0 atom stereocenters. The molecule has 1 rings (SSSR count). The van der Waals surface area contributed by atoms with E-state index in [4.69, 9.17) is 6.57 Å². The van der Waals surface area contributed by atoms with Gasteiger partial charge in [0.2, 0.25) is 0 Å². The van der Waals surface area contributed by atoms with E-state index < -0.39 is 4.92 Å². The first-order valence-corrected chi connectivity index (χ1v) is 3.51. The van der Waals surface area contributed by atoms with E-state index in [1.54, 1.807) is 18.2 Å². The molecule has 0 fully saturated rings. The van der Waals surface area contributed by atoms with Gasteiger partial charge in [-0.15, -0.1) is 0 Å². The average Bonchev–Trinajstić information content (AvgIpc) is 2.15. The SMILES string of the molecule is [C-]#[N+]/C=C/c1ccc([N+](=O)[O-])cc1. The Balaban J connectivity index is 2.89. The fourth-order valence-electron chi connectivity index (χ4n) is 0.830. The van der Waals surface area contributed by atoms with E-state index in [-0.39, 0.29) is 5.69 Å². The van der Waals surface area contributed by atoms with Gasteiger partial charge in [-0.05, 0) is 17.7 Å². The zero-order valence-electron chi connectivity index (χ0n) is 6.68. The molecule has 1 aromatic carbocycles. The van der Waals surface area contributed by atoms with Gasteiger partial charge in [-0.25, -0.2) is 4.85 Å². The maximum absolute atomic E-state index is 10.3. The molecule has 0 spiro atoms. The lowest BCUT2D eigenvalue weighted by Crippen LogP contribution is -1.86. The zero-order chi connectivity index (χ0) is 9.68. The van der Waals surface area contributed by atoms with Gasteiger partial charge in [-0.3, -0.25) is 10.1 Å². The summed E-state index contributed by atoms with van der Waals surface area (Å²) in [6.07, 6.45) is 2.90. The summed E-state index contributed by atoms with van der Waals surface area (Å²) in [5.74, 6) is 0. The molecule has 1 aromatic rings. The summed E-state index contributed by atoms with van der Waals surface area (Å²) >= 11 is 0. The van der Waals surface area contributed by atoms with Crippen molar-refractivity contribution in [3.63, 3.8) is 0 Å². The second-order valence-corrected chi connectivity index (χ2v) is 2.29. The van der Waals surface area contributed by atoms with Crippen LogP contribution in [0.25, 0.3) is 10.9 Å². The van der Waals surface area contributed by atoms with Gasteiger partial charge in [0, 0.05) is 12.1 Å². The molecule has 0 saturated carbocycles. The van der Waals surface area contributed by atoms with Gasteiger partial charge in [0.25, 0.3) is 5.69 Å². The van der Waals surface area contributed by atoms with Crippen molar-refractivity contribution >= 4 is 11.8 Å². The lowest BCUT2D eigenvalue weighted by atomic mass is 10.2. The maximum Gasteiger partial charge on any atom is 0.269 e. The van der Waals surface area contributed by atoms with E-state index >= 15 is 0 Å². The molecule has 4 heteroatoms. The molecule has 4 nitrogen and oxygen atoms in total. The van der Waals surface area contributed by atoms with Crippen molar-refractivity contribution in [3.8, 4) is 0 Å². The van der Waals surface area contributed by atoms with Crippen LogP contribution in [0.4, 0.5) is 5.69 Å². The van der Waals surface area contributed by atoms with E-state index in [1.807, 2.05) is 0 Å². The quantitative estimate of drug-likeness (QED) is 0.393. The Morgan fingerprint density at radius 3 is 2.46 bits per heavy atom. The van der Waals surface area contributed by atoms with Crippen LogP contribution < -0.4 is 0 Å². The number of nitro benzene ring substituents is 1. The zero-order valence-corrected chi connectivity index (χ0v) is 6.68. The fourth-order valence-corrected chi connectivity index (χ4v) is 0.830. The summed E-state index contributed by atoms with van der Waals surface area (Å²) < 4.78 is 0. The Morgan fingerprint density at radius 2 is 2.00 bits per heavy atom. The van der Waals surface area contributed by atoms with E-state index in [1.165, 1.54) is 18.3 Å². The highest BCUT2D eigenvalue weighted by atomic mass is 16.6. The molecule has 13 heavy (non-hydrogen) atoms. The summed E-state index contributed by atoms with van der Waals surface area (Å²) in [7, 11) is 0. The van der Waals surface area contributed by atoms with Crippen LogP contribution in [0.3, 0.4) is 0 Å². The lowest BCUT2D eigenvalue weighted by molar-refractivity contribution is -0.384. The van der Waals surface area contributed by atoms with E-state index in [0.29, 0.717) is 0 Å². The monoisotopic (exact) mass is 174 g/mol. The van der Waals surface area contributed by atoms with Gasteiger partial charge in [-0.2, -0.15) is 0 Å². The molecule has 0 heterocycles. The van der Waals surface area contributed by atoms with Crippen molar-refractivity contribution in [2.24, 2.45) is 0 Å². The van der Waals surface area contributed by atoms with E-state index in [2.05, 4.69) is 4.85 Å². The third-order valence-electron chi connectivity index (χ3n) is 1.45. The van der Waals surface area contributed by atoms with E-state index in [0.717, 1.165) is 5.56 Å². The van der Waals surface area contributed by atoms with E-state index in [9.17, 15) is 10.1 Å². The van der Waals surface area contributed by atoms with Gasteiger partial charge < -0.3 is 0 Å². The van der Waals surface area contributed by atoms with Crippen LogP contribution in [0, 0.1) is 16.7 Å². The maximum atomic E-state index is 10.3. The molecule has 0 aliphatic rings. The van der Waals surface area contributed by atoms with Gasteiger partial charge in [0.15, 0.2) is 6.20 Å². The van der Waals surface area contributed by atoms with Gasteiger partial charge >= 0.3 is 0 Å². The molecule has 0 N–H and O–H groups in total. The number of hydrogen-bond donors (Lipinski definition) is 0. The number of hydrogen-bond acceptors (Lipinski definition) is 2. The smallest absolute Gasteiger partial charge is 0.258 e. The largest absolute Gasteiger partial charge is 0.269 e. The van der Waals surface area contributed by atoms with Crippen molar-refractivity contribution in [1.82, 2.24) is 0 Å². The van der Waals surface area contributed by atoms with Gasteiger partial charge in [0.05, 0.1) is 11.5 Å². The van der Waals surface area contributed by atoms with Crippen LogP contribution in [0.5, 0.6) is 0 Å². The Labute approximate surface area is 75.1 Å². The molecule has 0 saturated heterocycles. The number of rotatable bonds is 2. The first-order chi connectivity index (χ1) is 6.24. The Morgan fingerprint density at radius 1 is 1.38 bits per heavy atom. The predicted molar refractivity (Wildman–Crippen MR) is 48.7 cm³/mol. The molecule has 0 amide bonds. The van der Waals surface area contributed by atoms with Gasteiger partial charge in [0.1, 0.15) is 0 Å². The third kappa shape index (κ3) is 2.42. The average molecular weight is 174 g/mol. The van der Waals surface area contributed by atoms with Crippen LogP contribution in [-0.4, -0.2) is 4.92 Å². The van der Waals surface area contributed by atoms with Crippen LogP contribution in [0.15, 0.2) is 30.5 Å². The molecular weight excluding hydrogens is 168 g/mol. The van der Waals surface area contributed by atoms with Crippen molar-refractivity contribution in [1.29, 1.82) is 0 Å². The predicted octanol–water partition coefficient (Wildman–Crippen LogP) is 2.48. The molecule has 0 aliphatic carbocycles. The number of non-ortho nitro benzene ring substituents is 1. The Bertz CT molecular complexity index is 374. The minimum Gasteiger partial charge on any atom is -0.258 e. The Kier molecular flexibility index (Phi) is 2.77. The molecule has 0 aliphatic heterocycles. The minimum atomic E-state index is -0.456. The van der Waals surface area contributed by atoms with Crippen LogP contribution >= 0.6 is 0 Å². The second-order valence-electron chi connectivity index (χ2n) is 2.29. The molecule has 64 valence electrons. The highest BCUT2D eigenvalue weighted by Gasteiger charge is 2.01. The molecule has 0 bridgehead atoms. The van der Waals surface area contributed by atoms with Crippen LogP contribution in [-0.2, 0) is 0 Å². The molecular formula is C9H6N2O2. The highest BCUT2D eigenvalue weighted by Crippen LogP contribution is 2.12. The molecule has 0 unspecified atom stereocenters. The van der Waals surface area contributed by atoms with Crippen molar-refractivity contribution in [2.75, 3.05) is 0 Å². The minimum absolute atomic E-state index is 0.0555. The summed E-state index contributed by atoms with van der Waals surface area (Å²) in [6.45, 7) is 6.49. The topological polar surface area (TPSA) is 47.5 Å². The van der Waals surface area contributed by atoms with Crippen molar-refractivity contribution < 1.29 is 4.92 Å². The molecule has 0 aromatic heterocycles. The van der Waals surface area contributed by atoms with Gasteiger partial charge in [-0.1, -0.05) is 6.08 Å². The summed E-state index contributed by atoms with van der Waals surface area (Å²) in [5.41, 5.74) is 0.835. The summed E-state index contributed by atoms with van der Waals surface area (Å²) in [6, 6.07) is 6.01. The number of nitro groups is 1. The van der Waals surface area contributed by atoms with Crippen LogP contribution in [0.2, 0.25) is 0 Å². The Hall–Kier alpha value is -2.15. The first-order valence-electron chi connectivity index (χ1n) is 3.51. The summed E-state index contributed by atoms with van der Waals surface area (Å²) in [4.78, 5) is 12.8. The first kappa shape index (κ1) is 8.94. The third-order valence-corrected chi connectivity index (χ3v) is 1.45.